The fraction of sp³-hybridized carbons (Fsp3) is 0.600. The molecule has 1 aliphatic carbocycles. The lowest BCUT2D eigenvalue weighted by molar-refractivity contribution is 0.560. The van der Waals surface area contributed by atoms with Gasteiger partial charge in [0.15, 0.2) is 0 Å². The molecule has 0 N–H and O–H groups in total. The third-order valence-electron chi connectivity index (χ3n) is 5.08. The molecule has 1 aromatic rings. The third kappa shape index (κ3) is 4.19. The minimum atomic E-state index is 0.0172. The van der Waals surface area contributed by atoms with Crippen LogP contribution in [0, 0.1) is 0 Å². The molecule has 0 amide bonds. The highest BCUT2D eigenvalue weighted by Gasteiger charge is 2.25. The molecule has 1 aromatic carbocycles. The molecule has 0 aromatic heterocycles. The highest BCUT2D eigenvalue weighted by atomic mass is 31.1. The van der Waals surface area contributed by atoms with E-state index in [0.717, 1.165) is 0 Å². The van der Waals surface area contributed by atoms with E-state index in [9.17, 15) is 0 Å². The van der Waals surface area contributed by atoms with Crippen LogP contribution in [0.4, 0.5) is 0 Å². The Morgan fingerprint density at radius 2 is 1.24 bits per heavy atom. The van der Waals surface area contributed by atoms with Crippen molar-refractivity contribution in [3.8, 4) is 0 Å². The smallest absolute Gasteiger partial charge is 0.0198 e. The van der Waals surface area contributed by atoms with Crippen LogP contribution in [0.15, 0.2) is 41.2 Å². The molecule has 3 rings (SSSR count). The van der Waals surface area contributed by atoms with Crippen LogP contribution >= 0.6 is 7.92 Å². The second kappa shape index (κ2) is 8.14. The zero-order valence-corrected chi connectivity index (χ0v) is 14.2. The van der Waals surface area contributed by atoms with Crippen molar-refractivity contribution >= 4 is 13.2 Å². The van der Waals surface area contributed by atoms with E-state index in [1.54, 1.807) is 5.30 Å². The molecule has 21 heavy (non-hydrogen) atoms. The van der Waals surface area contributed by atoms with Crippen LogP contribution in [0.1, 0.15) is 70.6 Å². The van der Waals surface area contributed by atoms with E-state index >= 15 is 0 Å². The van der Waals surface area contributed by atoms with Gasteiger partial charge in [-0.3, -0.25) is 0 Å². The molecular weight excluding hydrogens is 271 g/mol. The second-order valence-corrected chi connectivity index (χ2v) is 8.98. The van der Waals surface area contributed by atoms with Crippen molar-refractivity contribution in [2.75, 3.05) is 6.16 Å². The van der Waals surface area contributed by atoms with Crippen LogP contribution < -0.4 is 5.30 Å². The van der Waals surface area contributed by atoms with Gasteiger partial charge in [0.25, 0.3) is 0 Å². The Balaban J connectivity index is 1.75. The van der Waals surface area contributed by atoms with E-state index in [-0.39, 0.29) is 7.92 Å². The van der Waals surface area contributed by atoms with Gasteiger partial charge in [-0.1, -0.05) is 74.4 Å². The summed E-state index contributed by atoms with van der Waals surface area (Å²) in [6.07, 6.45) is 17.3. The summed E-state index contributed by atoms with van der Waals surface area (Å²) in [5.74, 6) is 0. The molecule has 1 atom stereocenters. The van der Waals surface area contributed by atoms with Crippen molar-refractivity contribution in [3.05, 3.63) is 41.2 Å². The van der Waals surface area contributed by atoms with Crippen molar-refractivity contribution in [1.29, 1.82) is 0 Å². The van der Waals surface area contributed by atoms with Gasteiger partial charge >= 0.3 is 0 Å². The number of hydrogen-bond acceptors (Lipinski definition) is 0. The van der Waals surface area contributed by atoms with Crippen molar-refractivity contribution in [1.82, 2.24) is 0 Å². The van der Waals surface area contributed by atoms with Crippen LogP contribution in [0.3, 0.4) is 0 Å². The first-order valence-corrected chi connectivity index (χ1v) is 10.5. The highest BCUT2D eigenvalue weighted by molar-refractivity contribution is 7.70. The van der Waals surface area contributed by atoms with E-state index in [1.807, 2.05) is 10.9 Å². The molecule has 0 radical (unpaired) electrons. The molecule has 1 heteroatoms. The topological polar surface area (TPSA) is 0 Å². The van der Waals surface area contributed by atoms with Crippen molar-refractivity contribution in [2.24, 2.45) is 0 Å². The Kier molecular flexibility index (Phi) is 5.92. The van der Waals surface area contributed by atoms with Gasteiger partial charge in [0.05, 0.1) is 0 Å². The van der Waals surface area contributed by atoms with Crippen molar-refractivity contribution in [3.63, 3.8) is 0 Å². The normalized spacial score (nSPS) is 25.0. The molecule has 0 spiro atoms. The summed E-state index contributed by atoms with van der Waals surface area (Å²) in [6.45, 7) is 0. The lowest BCUT2D eigenvalue weighted by Crippen LogP contribution is -2.01. The monoisotopic (exact) mass is 300 g/mol. The molecule has 0 bridgehead atoms. The van der Waals surface area contributed by atoms with Gasteiger partial charge < -0.3 is 0 Å². The van der Waals surface area contributed by atoms with Crippen molar-refractivity contribution < 1.29 is 0 Å². The van der Waals surface area contributed by atoms with Crippen LogP contribution in [-0.4, -0.2) is 6.16 Å². The maximum atomic E-state index is 2.37. The molecular formula is C20H29P. The zero-order chi connectivity index (χ0) is 14.3. The maximum absolute atomic E-state index is 2.37. The molecule has 2 aliphatic rings. The lowest BCUT2D eigenvalue weighted by atomic mass is 9.99. The molecule has 0 saturated carbocycles. The number of benzene rings is 1. The summed E-state index contributed by atoms with van der Waals surface area (Å²) in [5.41, 5.74) is 1.87. The minimum absolute atomic E-state index is 0.0172. The van der Waals surface area contributed by atoms with E-state index in [0.29, 0.717) is 0 Å². The van der Waals surface area contributed by atoms with Crippen LogP contribution in [-0.2, 0) is 0 Å². The maximum Gasteiger partial charge on any atom is -0.0198 e. The van der Waals surface area contributed by atoms with Crippen molar-refractivity contribution in [2.45, 2.75) is 70.6 Å². The van der Waals surface area contributed by atoms with Gasteiger partial charge in [-0.05, 0) is 56.8 Å². The number of rotatable bonds is 1. The zero-order valence-electron chi connectivity index (χ0n) is 13.3. The van der Waals surface area contributed by atoms with Gasteiger partial charge in [0.2, 0.25) is 0 Å². The molecule has 1 heterocycles. The number of hydrogen-bond donors (Lipinski definition) is 0. The average Bonchev–Trinajstić information content (AvgIpc) is 2.91. The van der Waals surface area contributed by atoms with Gasteiger partial charge in [-0.15, -0.1) is 0 Å². The largest absolute Gasteiger partial charge is 0.0658 e. The molecule has 0 nitrogen and oxygen atoms in total. The summed E-state index contributed by atoms with van der Waals surface area (Å²) >= 11 is 0. The van der Waals surface area contributed by atoms with Crippen LogP contribution in [0.25, 0.3) is 0 Å². The van der Waals surface area contributed by atoms with E-state index in [1.165, 1.54) is 76.8 Å². The first kappa shape index (κ1) is 15.3. The Labute approximate surface area is 131 Å². The standard InChI is InChI=1S/C20H29P/c1-2-4-6-11-15-20-18(12-8-5-3-1)16-17-21(20)19-13-9-7-10-14-19/h7,9-10,13-14H,1-6,8,11-12,15-17H2. The molecule has 1 unspecified atom stereocenters. The van der Waals surface area contributed by atoms with Crippen LogP contribution in [0.2, 0.25) is 0 Å². The summed E-state index contributed by atoms with van der Waals surface area (Å²) < 4.78 is 0. The predicted molar refractivity (Wildman–Crippen MR) is 95.7 cm³/mol. The fourth-order valence-corrected chi connectivity index (χ4v) is 6.78. The quantitative estimate of drug-likeness (QED) is 0.529. The minimum Gasteiger partial charge on any atom is -0.0658 e. The molecule has 114 valence electrons. The van der Waals surface area contributed by atoms with Gasteiger partial charge in [0, 0.05) is 0 Å². The van der Waals surface area contributed by atoms with Gasteiger partial charge in [-0.25, -0.2) is 0 Å². The Bertz CT molecular complexity index is 460. The fourth-order valence-electron chi connectivity index (χ4n) is 3.88. The SMILES string of the molecule is c1ccc(P2CCC3=C2CCCCCCCCCC3)cc1. The molecule has 0 fully saturated rings. The van der Waals surface area contributed by atoms with Gasteiger partial charge in [-0.2, -0.15) is 0 Å². The Morgan fingerprint density at radius 3 is 1.95 bits per heavy atom. The van der Waals surface area contributed by atoms with E-state index in [2.05, 4.69) is 30.3 Å². The molecule has 1 aliphatic heterocycles. The summed E-state index contributed by atoms with van der Waals surface area (Å²) in [7, 11) is 0.0172. The predicted octanol–water partition coefficient (Wildman–Crippen LogP) is 6.37. The Hall–Kier alpha value is -0.610. The van der Waals surface area contributed by atoms with E-state index in [4.69, 9.17) is 0 Å². The summed E-state index contributed by atoms with van der Waals surface area (Å²) in [4.78, 5) is 0. The highest BCUT2D eigenvalue weighted by Crippen LogP contribution is 2.55. The Morgan fingerprint density at radius 1 is 0.619 bits per heavy atom. The summed E-state index contributed by atoms with van der Waals surface area (Å²) in [6, 6.07) is 11.4. The van der Waals surface area contributed by atoms with Crippen LogP contribution in [0.5, 0.6) is 0 Å². The average molecular weight is 300 g/mol. The second-order valence-electron chi connectivity index (χ2n) is 6.62. The first-order valence-electron chi connectivity index (χ1n) is 8.98. The van der Waals surface area contributed by atoms with Gasteiger partial charge in [0.1, 0.15) is 0 Å². The number of allylic oxidation sites excluding steroid dienone is 2. The third-order valence-corrected chi connectivity index (χ3v) is 7.86. The first-order chi connectivity index (χ1) is 10.4. The summed E-state index contributed by atoms with van der Waals surface area (Å²) in [5, 5.41) is 3.53. The lowest BCUT2D eigenvalue weighted by Gasteiger charge is -2.18. The molecule has 0 saturated heterocycles. The van der Waals surface area contributed by atoms with E-state index < -0.39 is 0 Å².